The van der Waals surface area contributed by atoms with Gasteiger partial charge in [-0.05, 0) is 24.6 Å². The van der Waals surface area contributed by atoms with Crippen LogP contribution in [0, 0.1) is 6.92 Å². The number of H-pyrrole nitrogens is 1. The zero-order valence-corrected chi connectivity index (χ0v) is 12.0. The summed E-state index contributed by atoms with van der Waals surface area (Å²) in [6.45, 7) is 1.83. The summed E-state index contributed by atoms with van der Waals surface area (Å²) in [5.41, 5.74) is 3.23. The van der Waals surface area contributed by atoms with Crippen LogP contribution in [-0.2, 0) is 0 Å². The predicted octanol–water partition coefficient (Wildman–Crippen LogP) is 3.15. The highest BCUT2D eigenvalue weighted by atomic mass is 16.5. The third kappa shape index (κ3) is 2.36. The highest BCUT2D eigenvalue weighted by Crippen LogP contribution is 2.21. The summed E-state index contributed by atoms with van der Waals surface area (Å²) in [6.07, 6.45) is 0. The van der Waals surface area contributed by atoms with Crippen LogP contribution in [0.2, 0.25) is 0 Å². The van der Waals surface area contributed by atoms with Gasteiger partial charge >= 0.3 is 0 Å². The van der Waals surface area contributed by atoms with Crippen molar-refractivity contribution in [2.75, 3.05) is 7.11 Å². The van der Waals surface area contributed by atoms with Gasteiger partial charge in [0.25, 0.3) is 5.56 Å². The molecule has 3 aromatic rings. The molecule has 0 saturated heterocycles. The standard InChI is InChI=1S/C17H16N2O2/c1-12-16(13-7-4-3-5-8-13)18-19(17(12)20)14-9-6-10-15(11-14)21-2/h3-11,18H,1-2H3. The van der Waals surface area contributed by atoms with E-state index in [1.165, 1.54) is 0 Å². The Morgan fingerprint density at radius 2 is 1.81 bits per heavy atom. The second kappa shape index (κ2) is 5.32. The third-order valence-electron chi connectivity index (χ3n) is 3.50. The molecule has 4 heteroatoms. The normalized spacial score (nSPS) is 10.6. The molecule has 0 radical (unpaired) electrons. The topological polar surface area (TPSA) is 47.0 Å². The van der Waals surface area contributed by atoms with Crippen LogP contribution in [0.4, 0.5) is 0 Å². The molecular weight excluding hydrogens is 264 g/mol. The number of hydrogen-bond donors (Lipinski definition) is 1. The van der Waals surface area contributed by atoms with Crippen molar-refractivity contribution in [2.45, 2.75) is 6.92 Å². The molecule has 0 unspecified atom stereocenters. The minimum absolute atomic E-state index is 0.0536. The molecular formula is C17H16N2O2. The zero-order valence-electron chi connectivity index (χ0n) is 12.0. The average molecular weight is 280 g/mol. The highest BCUT2D eigenvalue weighted by Gasteiger charge is 2.13. The fourth-order valence-electron chi connectivity index (χ4n) is 2.34. The highest BCUT2D eigenvalue weighted by molar-refractivity contribution is 5.62. The van der Waals surface area contributed by atoms with Crippen LogP contribution in [0.3, 0.4) is 0 Å². The van der Waals surface area contributed by atoms with Gasteiger partial charge in [0.2, 0.25) is 0 Å². The minimum Gasteiger partial charge on any atom is -0.497 e. The van der Waals surface area contributed by atoms with Crippen LogP contribution in [0.15, 0.2) is 59.4 Å². The van der Waals surface area contributed by atoms with Gasteiger partial charge < -0.3 is 4.74 Å². The van der Waals surface area contributed by atoms with Crippen molar-refractivity contribution in [3.8, 4) is 22.7 Å². The quantitative estimate of drug-likeness (QED) is 0.801. The Morgan fingerprint density at radius 3 is 2.52 bits per heavy atom. The van der Waals surface area contributed by atoms with Crippen molar-refractivity contribution < 1.29 is 4.74 Å². The lowest BCUT2D eigenvalue weighted by molar-refractivity contribution is 0.414. The lowest BCUT2D eigenvalue weighted by Crippen LogP contribution is -2.15. The molecule has 0 aliphatic rings. The van der Waals surface area contributed by atoms with Crippen LogP contribution in [0.5, 0.6) is 5.75 Å². The second-order valence-corrected chi connectivity index (χ2v) is 4.82. The summed E-state index contributed by atoms with van der Waals surface area (Å²) in [5, 5.41) is 3.18. The number of ether oxygens (including phenoxy) is 1. The number of aromatic amines is 1. The molecule has 21 heavy (non-hydrogen) atoms. The Labute approximate surface area is 122 Å². The lowest BCUT2D eigenvalue weighted by atomic mass is 10.1. The van der Waals surface area contributed by atoms with Gasteiger partial charge in [0.05, 0.1) is 18.5 Å². The Kier molecular flexibility index (Phi) is 3.36. The van der Waals surface area contributed by atoms with Gasteiger partial charge in [-0.3, -0.25) is 9.89 Å². The molecule has 1 aromatic heterocycles. The van der Waals surface area contributed by atoms with Gasteiger partial charge in [-0.25, -0.2) is 4.68 Å². The Morgan fingerprint density at radius 1 is 1.05 bits per heavy atom. The minimum atomic E-state index is -0.0536. The van der Waals surface area contributed by atoms with Crippen LogP contribution in [0.25, 0.3) is 16.9 Å². The fraction of sp³-hybridized carbons (Fsp3) is 0.118. The first kappa shape index (κ1) is 13.2. The zero-order chi connectivity index (χ0) is 14.8. The van der Waals surface area contributed by atoms with Crippen molar-refractivity contribution >= 4 is 0 Å². The summed E-state index contributed by atoms with van der Waals surface area (Å²) in [4.78, 5) is 12.5. The number of benzene rings is 2. The third-order valence-corrected chi connectivity index (χ3v) is 3.50. The molecule has 0 amide bonds. The lowest BCUT2D eigenvalue weighted by Gasteiger charge is -2.05. The molecule has 0 aliphatic carbocycles. The van der Waals surface area contributed by atoms with Crippen LogP contribution in [0.1, 0.15) is 5.56 Å². The number of methoxy groups -OCH3 is 1. The molecule has 106 valence electrons. The van der Waals surface area contributed by atoms with Gasteiger partial charge in [-0.15, -0.1) is 0 Å². The van der Waals surface area contributed by atoms with E-state index in [1.54, 1.807) is 11.8 Å². The number of hydrogen-bond acceptors (Lipinski definition) is 2. The van der Waals surface area contributed by atoms with Gasteiger partial charge in [0.15, 0.2) is 0 Å². The van der Waals surface area contributed by atoms with Crippen LogP contribution >= 0.6 is 0 Å². The summed E-state index contributed by atoms with van der Waals surface area (Å²) >= 11 is 0. The number of nitrogens with one attached hydrogen (secondary N) is 1. The molecule has 0 bridgehead atoms. The molecule has 2 aromatic carbocycles. The van der Waals surface area contributed by atoms with Gasteiger partial charge in [0, 0.05) is 11.6 Å². The van der Waals surface area contributed by atoms with E-state index in [0.717, 1.165) is 16.9 Å². The van der Waals surface area contributed by atoms with Gasteiger partial charge in [-0.1, -0.05) is 36.4 Å². The maximum atomic E-state index is 12.5. The smallest absolute Gasteiger partial charge is 0.274 e. The molecule has 0 aliphatic heterocycles. The van der Waals surface area contributed by atoms with E-state index < -0.39 is 0 Å². The van der Waals surface area contributed by atoms with Crippen molar-refractivity contribution in [2.24, 2.45) is 0 Å². The number of nitrogens with zero attached hydrogens (tertiary/aromatic N) is 1. The van der Waals surface area contributed by atoms with Crippen LogP contribution < -0.4 is 10.3 Å². The van der Waals surface area contributed by atoms with Gasteiger partial charge in [-0.2, -0.15) is 0 Å². The van der Waals surface area contributed by atoms with Crippen molar-refractivity contribution in [1.29, 1.82) is 0 Å². The van der Waals surface area contributed by atoms with Crippen molar-refractivity contribution in [3.63, 3.8) is 0 Å². The molecule has 1 N–H and O–H groups in total. The molecule has 3 rings (SSSR count). The van der Waals surface area contributed by atoms with E-state index in [1.807, 2.05) is 61.5 Å². The van der Waals surface area contributed by atoms with E-state index in [0.29, 0.717) is 11.3 Å². The first-order chi connectivity index (χ1) is 10.2. The Bertz CT molecular complexity index is 816. The Hall–Kier alpha value is -2.75. The summed E-state index contributed by atoms with van der Waals surface area (Å²) < 4.78 is 6.75. The molecule has 0 fully saturated rings. The van der Waals surface area contributed by atoms with Crippen LogP contribution in [-0.4, -0.2) is 16.9 Å². The first-order valence-corrected chi connectivity index (χ1v) is 6.72. The van der Waals surface area contributed by atoms with Gasteiger partial charge in [0.1, 0.15) is 5.75 Å². The second-order valence-electron chi connectivity index (χ2n) is 4.82. The largest absolute Gasteiger partial charge is 0.497 e. The van der Waals surface area contributed by atoms with Crippen molar-refractivity contribution in [3.05, 3.63) is 70.5 Å². The van der Waals surface area contributed by atoms with E-state index in [2.05, 4.69) is 5.10 Å². The maximum Gasteiger partial charge on any atom is 0.274 e. The van der Waals surface area contributed by atoms with Crippen molar-refractivity contribution in [1.82, 2.24) is 9.78 Å². The summed E-state index contributed by atoms with van der Waals surface area (Å²) in [6, 6.07) is 17.2. The predicted molar refractivity (Wildman–Crippen MR) is 83.1 cm³/mol. The molecule has 4 nitrogen and oxygen atoms in total. The Balaban J connectivity index is 2.15. The van der Waals surface area contributed by atoms with E-state index >= 15 is 0 Å². The molecule has 0 atom stereocenters. The van der Waals surface area contributed by atoms with E-state index in [9.17, 15) is 4.79 Å². The monoisotopic (exact) mass is 280 g/mol. The maximum absolute atomic E-state index is 12.5. The number of rotatable bonds is 3. The molecule has 1 heterocycles. The SMILES string of the molecule is COc1cccc(-n2[nH]c(-c3ccccc3)c(C)c2=O)c1. The average Bonchev–Trinajstić information content (AvgIpc) is 2.84. The summed E-state index contributed by atoms with van der Waals surface area (Å²) in [5.74, 6) is 0.716. The fourth-order valence-corrected chi connectivity index (χ4v) is 2.34. The first-order valence-electron chi connectivity index (χ1n) is 6.72. The molecule has 0 spiro atoms. The summed E-state index contributed by atoms with van der Waals surface area (Å²) in [7, 11) is 1.61. The number of aromatic nitrogens is 2. The van der Waals surface area contributed by atoms with E-state index in [4.69, 9.17) is 4.74 Å². The van der Waals surface area contributed by atoms with E-state index in [-0.39, 0.29) is 5.56 Å². The molecule has 0 saturated carbocycles.